The van der Waals surface area contributed by atoms with Crippen LogP contribution in [-0.2, 0) is 0 Å². The lowest BCUT2D eigenvalue weighted by molar-refractivity contribution is 1.00. The van der Waals surface area contributed by atoms with Crippen LogP contribution >= 0.6 is 9.39 Å². The van der Waals surface area contributed by atoms with E-state index in [1.807, 2.05) is 18.2 Å². The van der Waals surface area contributed by atoms with Gasteiger partial charge in [-0.2, -0.15) is 0 Å². The molecule has 3 nitrogen and oxygen atoms in total. The van der Waals surface area contributed by atoms with E-state index < -0.39 is 0 Å². The first-order valence-electron chi connectivity index (χ1n) is 4.55. The lowest BCUT2D eigenvalue weighted by atomic mass is 10.1. The molecule has 1 heterocycles. The Morgan fingerprint density at radius 1 is 1.53 bits per heavy atom. The van der Waals surface area contributed by atoms with E-state index in [9.17, 15) is 4.79 Å². The molecule has 2 aromatic rings. The van der Waals surface area contributed by atoms with Crippen molar-refractivity contribution in [1.29, 1.82) is 0 Å². The number of nitrogens with zero attached hydrogens (tertiary/aromatic N) is 2. The Bertz CT molecular complexity index is 601. The Morgan fingerprint density at radius 2 is 2.27 bits per heavy atom. The van der Waals surface area contributed by atoms with Crippen LogP contribution in [0.15, 0.2) is 29.6 Å². The van der Waals surface area contributed by atoms with Gasteiger partial charge in [-0.3, -0.25) is 9.13 Å². The highest BCUT2D eigenvalue weighted by Gasteiger charge is 2.07. The van der Waals surface area contributed by atoms with Crippen molar-refractivity contribution < 1.29 is 0 Å². The van der Waals surface area contributed by atoms with E-state index >= 15 is 0 Å². The summed E-state index contributed by atoms with van der Waals surface area (Å²) < 4.78 is 1.47. The van der Waals surface area contributed by atoms with Crippen molar-refractivity contribution in [2.45, 2.75) is 6.92 Å². The van der Waals surface area contributed by atoms with Crippen molar-refractivity contribution in [3.63, 3.8) is 0 Å². The third-order valence-electron chi connectivity index (χ3n) is 2.36. The molecule has 0 fully saturated rings. The highest BCUT2D eigenvalue weighted by molar-refractivity contribution is 7.14. The second kappa shape index (κ2) is 3.59. The molecule has 0 radical (unpaired) electrons. The third kappa shape index (κ3) is 1.49. The van der Waals surface area contributed by atoms with Crippen molar-refractivity contribution in [1.82, 2.24) is 9.32 Å². The zero-order valence-corrected chi connectivity index (χ0v) is 9.55. The predicted molar refractivity (Wildman–Crippen MR) is 65.9 cm³/mol. The molecule has 0 saturated heterocycles. The average Bonchev–Trinajstić information content (AvgIpc) is 2.25. The number of aromatic nitrogens is 2. The van der Waals surface area contributed by atoms with Crippen molar-refractivity contribution in [3.8, 4) is 0 Å². The quantitative estimate of drug-likeness (QED) is 0.686. The van der Waals surface area contributed by atoms with Crippen LogP contribution < -0.4 is 5.56 Å². The molecule has 1 unspecified atom stereocenters. The summed E-state index contributed by atoms with van der Waals surface area (Å²) in [6.07, 6.45) is 1.67. The molecule has 1 atom stereocenters. The van der Waals surface area contributed by atoms with Gasteiger partial charge in [0, 0.05) is 0 Å². The Labute approximate surface area is 89.7 Å². The molecule has 0 amide bonds. The lowest BCUT2D eigenvalue weighted by Gasteiger charge is -2.06. The average molecular weight is 218 g/mol. The molecule has 15 heavy (non-hydrogen) atoms. The van der Waals surface area contributed by atoms with Gasteiger partial charge in [0.1, 0.15) is 5.82 Å². The number of hydrogen-bond donors (Lipinski definition) is 0. The minimum absolute atomic E-state index is 0.0574. The van der Waals surface area contributed by atoms with Crippen LogP contribution in [0.4, 0.5) is 0 Å². The van der Waals surface area contributed by atoms with E-state index in [1.54, 1.807) is 13.0 Å². The third-order valence-corrected chi connectivity index (χ3v) is 2.97. The van der Waals surface area contributed by atoms with Gasteiger partial charge in [0.25, 0.3) is 5.56 Å². The molecule has 1 aromatic carbocycles. The van der Waals surface area contributed by atoms with Crippen LogP contribution in [0.25, 0.3) is 17.0 Å². The summed E-state index contributed by atoms with van der Waals surface area (Å²) in [4.78, 5) is 16.3. The first-order valence-corrected chi connectivity index (χ1v) is 5.06. The van der Waals surface area contributed by atoms with E-state index in [4.69, 9.17) is 0 Å². The molecule has 0 aliphatic heterocycles. The molecule has 0 aliphatic rings. The van der Waals surface area contributed by atoms with E-state index in [0.717, 1.165) is 5.56 Å². The van der Waals surface area contributed by atoms with E-state index in [-0.39, 0.29) is 5.56 Å². The van der Waals surface area contributed by atoms with Crippen LogP contribution in [0, 0.1) is 6.92 Å². The van der Waals surface area contributed by atoms with Gasteiger partial charge in [-0.25, -0.2) is 4.98 Å². The smallest absolute Gasteiger partial charge is 0.264 e. The van der Waals surface area contributed by atoms with Crippen molar-refractivity contribution in [2.75, 3.05) is 0 Å². The summed E-state index contributed by atoms with van der Waals surface area (Å²) in [6, 6.07) is 5.57. The molecule has 0 aliphatic carbocycles. The number of fused-ring (bicyclic) bond motifs is 1. The fourth-order valence-electron chi connectivity index (χ4n) is 1.55. The molecule has 0 spiro atoms. The first kappa shape index (κ1) is 10.1. The number of benzene rings is 1. The molecule has 0 saturated carbocycles. The van der Waals surface area contributed by atoms with Gasteiger partial charge in [-0.05, 0) is 27.9 Å². The highest BCUT2D eigenvalue weighted by atomic mass is 31.0. The normalized spacial score (nSPS) is 10.5. The maximum atomic E-state index is 12.0. The van der Waals surface area contributed by atoms with Crippen molar-refractivity contribution in [2.24, 2.45) is 0 Å². The summed E-state index contributed by atoms with van der Waals surface area (Å²) >= 11 is 0. The van der Waals surface area contributed by atoms with Crippen LogP contribution in [0.2, 0.25) is 0 Å². The molecule has 0 N–H and O–H groups in total. The Hall–Kier alpha value is -1.47. The molecule has 4 heteroatoms. The Kier molecular flexibility index (Phi) is 2.41. The first-order chi connectivity index (χ1) is 7.15. The zero-order chi connectivity index (χ0) is 11.0. The summed E-state index contributed by atoms with van der Waals surface area (Å²) in [5.41, 5.74) is 1.48. The summed E-state index contributed by atoms with van der Waals surface area (Å²) in [5.74, 6) is 0.679. The molecule has 2 rings (SSSR count). The number of hydrogen-bond acceptors (Lipinski definition) is 2. The fourth-order valence-corrected chi connectivity index (χ4v) is 1.74. The fraction of sp³-hybridized carbons (Fsp3) is 0.0909. The van der Waals surface area contributed by atoms with Gasteiger partial charge in [0.05, 0.1) is 10.9 Å². The lowest BCUT2D eigenvalue weighted by Crippen LogP contribution is -2.17. The molecular formula is C11H11N2OP. The van der Waals surface area contributed by atoms with Gasteiger partial charge < -0.3 is 0 Å². The second-order valence-corrected chi connectivity index (χ2v) is 3.80. The summed E-state index contributed by atoms with van der Waals surface area (Å²) in [5, 5.41) is 0.619. The van der Waals surface area contributed by atoms with E-state index in [2.05, 4.69) is 21.0 Å². The molecule has 76 valence electrons. The van der Waals surface area contributed by atoms with Crippen LogP contribution in [-0.4, -0.2) is 9.32 Å². The minimum atomic E-state index is -0.0574. The topological polar surface area (TPSA) is 34.9 Å². The van der Waals surface area contributed by atoms with E-state index in [0.29, 0.717) is 16.7 Å². The van der Waals surface area contributed by atoms with Gasteiger partial charge in [-0.15, -0.1) is 0 Å². The largest absolute Gasteiger partial charge is 0.281 e. The maximum Gasteiger partial charge on any atom is 0.264 e. The predicted octanol–water partition coefficient (Wildman–Crippen LogP) is 1.99. The standard InChI is InChI=1S/C11H11N2OP/c1-3-8-5-4-6-9-10(8)11(14)13(15)7(2)12-9/h3-6H,1,15H2,2H3. The zero-order valence-electron chi connectivity index (χ0n) is 8.40. The number of rotatable bonds is 1. The van der Waals surface area contributed by atoms with E-state index in [1.165, 1.54) is 4.34 Å². The minimum Gasteiger partial charge on any atom is -0.281 e. The molecule has 1 aromatic heterocycles. The molecular weight excluding hydrogens is 207 g/mol. The monoisotopic (exact) mass is 218 g/mol. The molecule has 0 bridgehead atoms. The van der Waals surface area contributed by atoms with Crippen LogP contribution in [0.5, 0.6) is 0 Å². The Balaban J connectivity index is 3.06. The SMILES string of the molecule is C=Cc1cccc2nc(C)n(P)c(=O)c12. The van der Waals surface area contributed by atoms with Gasteiger partial charge >= 0.3 is 0 Å². The summed E-state index contributed by atoms with van der Waals surface area (Å²) in [6.45, 7) is 5.49. The van der Waals surface area contributed by atoms with Crippen LogP contribution in [0.1, 0.15) is 11.4 Å². The Morgan fingerprint density at radius 3 is 2.93 bits per heavy atom. The van der Waals surface area contributed by atoms with Crippen molar-refractivity contribution in [3.05, 3.63) is 46.5 Å². The second-order valence-electron chi connectivity index (χ2n) is 3.28. The van der Waals surface area contributed by atoms with Crippen LogP contribution in [0.3, 0.4) is 0 Å². The van der Waals surface area contributed by atoms with Crippen molar-refractivity contribution >= 4 is 26.4 Å². The number of aryl methyl sites for hydroxylation is 1. The van der Waals surface area contributed by atoms with Gasteiger partial charge in [0.15, 0.2) is 0 Å². The summed E-state index contributed by atoms with van der Waals surface area (Å²) in [7, 11) is 2.37. The van der Waals surface area contributed by atoms with Gasteiger partial charge in [-0.1, -0.05) is 24.8 Å². The van der Waals surface area contributed by atoms with Gasteiger partial charge in [0.2, 0.25) is 0 Å². The maximum absolute atomic E-state index is 12.0. The highest BCUT2D eigenvalue weighted by Crippen LogP contribution is 2.15.